The zero-order valence-electron chi connectivity index (χ0n) is 8.27. The van der Waals surface area contributed by atoms with Crippen LogP contribution >= 0.6 is 0 Å². The highest BCUT2D eigenvalue weighted by atomic mass is 16.4. The lowest BCUT2D eigenvalue weighted by Gasteiger charge is -2.01. The number of hydrogen-bond donors (Lipinski definition) is 4. The van der Waals surface area contributed by atoms with Crippen LogP contribution in [0.25, 0.3) is 0 Å². The van der Waals surface area contributed by atoms with Gasteiger partial charge in [-0.1, -0.05) is 0 Å². The topological polar surface area (TPSA) is 136 Å². The lowest BCUT2D eigenvalue weighted by molar-refractivity contribution is -0.135. The summed E-state index contributed by atoms with van der Waals surface area (Å²) >= 11 is 0. The number of aromatic hydroxyl groups is 1. The van der Waals surface area contributed by atoms with E-state index in [2.05, 4.69) is 4.99 Å². The number of rotatable bonds is 3. The first-order valence-electron chi connectivity index (χ1n) is 4.20. The van der Waals surface area contributed by atoms with Crippen molar-refractivity contribution in [3.05, 3.63) is 26.4 Å². The van der Waals surface area contributed by atoms with Gasteiger partial charge in [0, 0.05) is 0 Å². The van der Waals surface area contributed by atoms with Crippen LogP contribution in [0.15, 0.2) is 14.6 Å². The van der Waals surface area contributed by atoms with Gasteiger partial charge < -0.3 is 10.2 Å². The smallest absolute Gasteiger partial charge is 0.328 e. The summed E-state index contributed by atoms with van der Waals surface area (Å²) in [6.07, 6.45) is 0. The Balaban J connectivity index is 3.24. The van der Waals surface area contributed by atoms with Gasteiger partial charge in [-0.05, 0) is 6.92 Å². The van der Waals surface area contributed by atoms with Crippen molar-refractivity contribution in [3.8, 4) is 5.88 Å². The summed E-state index contributed by atoms with van der Waals surface area (Å²) < 4.78 is 0. The molecule has 1 aromatic heterocycles. The van der Waals surface area contributed by atoms with Crippen molar-refractivity contribution in [1.29, 1.82) is 0 Å². The minimum Gasteiger partial charge on any atom is -0.494 e. The van der Waals surface area contributed by atoms with E-state index in [0.717, 1.165) is 0 Å². The van der Waals surface area contributed by atoms with Crippen molar-refractivity contribution in [3.63, 3.8) is 0 Å². The fraction of sp³-hybridized carbons (Fsp3) is 0.250. The first-order valence-corrected chi connectivity index (χ1v) is 4.20. The second-order valence-corrected chi connectivity index (χ2v) is 2.93. The molecule has 0 aromatic carbocycles. The summed E-state index contributed by atoms with van der Waals surface area (Å²) in [4.78, 5) is 39.7. The summed E-state index contributed by atoms with van der Waals surface area (Å²) in [6, 6.07) is 0. The third kappa shape index (κ3) is 2.56. The molecule has 0 unspecified atom stereocenters. The predicted molar refractivity (Wildman–Crippen MR) is 54.1 cm³/mol. The Bertz CT molecular complexity index is 554. The summed E-state index contributed by atoms with van der Waals surface area (Å²) in [5.74, 6) is -1.81. The van der Waals surface area contributed by atoms with Crippen molar-refractivity contribution in [2.24, 2.45) is 4.99 Å². The first kappa shape index (κ1) is 11.7. The van der Waals surface area contributed by atoms with Crippen LogP contribution in [-0.2, 0) is 4.79 Å². The van der Waals surface area contributed by atoms with Crippen molar-refractivity contribution < 1.29 is 15.0 Å². The second kappa shape index (κ2) is 4.43. The third-order valence-electron chi connectivity index (χ3n) is 1.74. The van der Waals surface area contributed by atoms with Crippen LogP contribution in [0.4, 0.5) is 0 Å². The van der Waals surface area contributed by atoms with Crippen LogP contribution in [0.3, 0.4) is 0 Å². The monoisotopic (exact) mass is 227 g/mol. The summed E-state index contributed by atoms with van der Waals surface area (Å²) in [5, 5.41) is 17.7. The van der Waals surface area contributed by atoms with Gasteiger partial charge in [0.1, 0.15) is 12.1 Å². The molecule has 16 heavy (non-hydrogen) atoms. The van der Waals surface area contributed by atoms with Gasteiger partial charge in [0.15, 0.2) is 0 Å². The molecule has 0 aliphatic heterocycles. The lowest BCUT2D eigenvalue weighted by Crippen LogP contribution is -2.27. The number of H-pyrrole nitrogens is 2. The molecular formula is C8H9N3O5. The molecule has 0 radical (unpaired) electrons. The Labute approximate surface area is 88.3 Å². The maximum Gasteiger partial charge on any atom is 0.328 e. The largest absolute Gasteiger partial charge is 0.494 e. The number of aliphatic imine (C=N–C) groups is 1. The number of carboxylic acids is 1. The van der Waals surface area contributed by atoms with Gasteiger partial charge >= 0.3 is 11.7 Å². The van der Waals surface area contributed by atoms with E-state index in [4.69, 9.17) is 5.11 Å². The number of nitrogens with zero attached hydrogens (tertiary/aromatic N) is 1. The molecule has 1 aromatic rings. The van der Waals surface area contributed by atoms with Crippen molar-refractivity contribution >= 4 is 11.7 Å². The Morgan fingerprint density at radius 2 is 2.00 bits per heavy atom. The summed E-state index contributed by atoms with van der Waals surface area (Å²) in [6.45, 7) is 0.829. The van der Waals surface area contributed by atoms with Crippen LogP contribution in [0.5, 0.6) is 5.88 Å². The Hall–Kier alpha value is -2.38. The first-order chi connectivity index (χ1) is 7.41. The highest BCUT2D eigenvalue weighted by Gasteiger charge is 2.11. The van der Waals surface area contributed by atoms with Crippen LogP contribution in [0.1, 0.15) is 12.5 Å². The number of hydrogen-bond acceptors (Lipinski definition) is 5. The molecule has 4 N–H and O–H groups in total. The zero-order valence-corrected chi connectivity index (χ0v) is 8.27. The average Bonchev–Trinajstić information content (AvgIpc) is 2.12. The van der Waals surface area contributed by atoms with Crippen LogP contribution in [0.2, 0.25) is 0 Å². The van der Waals surface area contributed by atoms with Crippen LogP contribution in [-0.4, -0.2) is 38.4 Å². The number of carboxylic acid groups (broad SMARTS) is 1. The van der Waals surface area contributed by atoms with E-state index in [1.807, 2.05) is 9.97 Å². The quantitative estimate of drug-likeness (QED) is 0.474. The van der Waals surface area contributed by atoms with Gasteiger partial charge in [0.05, 0.1) is 5.71 Å². The zero-order chi connectivity index (χ0) is 12.3. The maximum absolute atomic E-state index is 11.3. The summed E-state index contributed by atoms with van der Waals surface area (Å²) in [7, 11) is 0. The molecule has 0 aliphatic carbocycles. The number of aliphatic carboxylic acids is 1. The Morgan fingerprint density at radius 3 is 2.50 bits per heavy atom. The van der Waals surface area contributed by atoms with E-state index in [9.17, 15) is 19.5 Å². The second-order valence-electron chi connectivity index (χ2n) is 2.93. The van der Waals surface area contributed by atoms with Crippen molar-refractivity contribution in [2.75, 3.05) is 6.54 Å². The SMILES string of the molecule is CC(=NCC(=O)O)c1c(O)[nH]c(=O)[nH]c1=O. The van der Waals surface area contributed by atoms with Gasteiger partial charge in [-0.15, -0.1) is 0 Å². The highest BCUT2D eigenvalue weighted by Crippen LogP contribution is 2.06. The number of carbonyl (C=O) groups is 1. The molecule has 0 fully saturated rings. The van der Waals surface area contributed by atoms with E-state index in [1.165, 1.54) is 6.92 Å². The summed E-state index contributed by atoms with van der Waals surface area (Å²) in [5.41, 5.74) is -1.90. The molecule has 1 heterocycles. The molecule has 0 aliphatic rings. The molecule has 86 valence electrons. The van der Waals surface area contributed by atoms with E-state index in [0.29, 0.717) is 0 Å². The molecule has 0 bridgehead atoms. The predicted octanol–water partition coefficient (Wildman–Crippen LogP) is -1.34. The number of aromatic nitrogens is 2. The molecule has 8 heteroatoms. The minimum absolute atomic E-state index is 0.0254. The van der Waals surface area contributed by atoms with Crippen LogP contribution in [0, 0.1) is 0 Å². The van der Waals surface area contributed by atoms with Gasteiger partial charge in [0.25, 0.3) is 5.56 Å². The van der Waals surface area contributed by atoms with E-state index < -0.39 is 29.6 Å². The fourth-order valence-electron chi connectivity index (χ4n) is 1.08. The molecule has 0 amide bonds. The Kier molecular flexibility index (Phi) is 3.24. The third-order valence-corrected chi connectivity index (χ3v) is 1.74. The van der Waals surface area contributed by atoms with E-state index in [1.54, 1.807) is 0 Å². The lowest BCUT2D eigenvalue weighted by atomic mass is 10.2. The molecule has 0 saturated heterocycles. The minimum atomic E-state index is -1.17. The maximum atomic E-state index is 11.3. The van der Waals surface area contributed by atoms with Crippen molar-refractivity contribution in [1.82, 2.24) is 9.97 Å². The number of nitrogens with one attached hydrogen (secondary N) is 2. The van der Waals surface area contributed by atoms with Gasteiger partial charge in [-0.2, -0.15) is 0 Å². The number of aromatic amines is 2. The highest BCUT2D eigenvalue weighted by molar-refractivity contribution is 6.00. The van der Waals surface area contributed by atoms with Gasteiger partial charge in [-0.25, -0.2) is 4.79 Å². The molecule has 8 nitrogen and oxygen atoms in total. The molecular weight excluding hydrogens is 218 g/mol. The molecule has 1 rings (SSSR count). The van der Waals surface area contributed by atoms with Gasteiger partial charge in [-0.3, -0.25) is 24.5 Å². The molecule has 0 spiro atoms. The van der Waals surface area contributed by atoms with E-state index >= 15 is 0 Å². The molecule has 0 atom stereocenters. The van der Waals surface area contributed by atoms with Gasteiger partial charge in [0.2, 0.25) is 5.88 Å². The normalized spacial score (nSPS) is 11.4. The standard InChI is InChI=1S/C8H9N3O5/c1-3(9-2-4(12)13)5-6(14)10-8(16)11-7(5)15/h2H2,1H3,(H,12,13)(H3,10,11,14,15,16). The average molecular weight is 227 g/mol. The van der Waals surface area contributed by atoms with Crippen molar-refractivity contribution in [2.45, 2.75) is 6.92 Å². The Morgan fingerprint density at radius 1 is 1.38 bits per heavy atom. The molecule has 0 saturated carbocycles. The fourth-order valence-corrected chi connectivity index (χ4v) is 1.08. The van der Waals surface area contributed by atoms with Crippen LogP contribution < -0.4 is 11.2 Å². The van der Waals surface area contributed by atoms with E-state index in [-0.39, 0.29) is 11.3 Å².